The van der Waals surface area contributed by atoms with Gasteiger partial charge in [0.1, 0.15) is 0 Å². The van der Waals surface area contributed by atoms with Crippen LogP contribution in [-0.4, -0.2) is 9.97 Å². The lowest BCUT2D eigenvalue weighted by Crippen LogP contribution is -1.80. The lowest BCUT2D eigenvalue weighted by Gasteiger charge is -2.04. The van der Waals surface area contributed by atoms with Gasteiger partial charge in [-0.15, -0.1) is 0 Å². The summed E-state index contributed by atoms with van der Waals surface area (Å²) >= 11 is 12.2. The summed E-state index contributed by atoms with van der Waals surface area (Å²) in [6.45, 7) is 2.01. The molecule has 1 N–H and O–H groups in total. The number of benzene rings is 2. The van der Waals surface area contributed by atoms with Crippen molar-refractivity contribution in [2.24, 2.45) is 0 Å². The number of aryl methyl sites for hydroxylation is 1. The molecule has 0 aliphatic rings. The molecule has 2 aromatic heterocycles. The van der Waals surface area contributed by atoms with E-state index in [4.69, 9.17) is 23.2 Å². The fourth-order valence-electron chi connectivity index (χ4n) is 2.86. The third-order valence-electron chi connectivity index (χ3n) is 3.91. The Hall–Kier alpha value is -2.03. The summed E-state index contributed by atoms with van der Waals surface area (Å²) in [5.41, 5.74) is 5.29. The van der Waals surface area contributed by atoms with Gasteiger partial charge >= 0.3 is 0 Å². The number of fused-ring (bicyclic) bond motifs is 3. The number of aromatic nitrogens is 2. The van der Waals surface area contributed by atoms with Crippen LogP contribution in [0.3, 0.4) is 0 Å². The Morgan fingerprint density at radius 1 is 0.864 bits per heavy atom. The Balaban J connectivity index is 2.00. The van der Waals surface area contributed by atoms with E-state index in [0.29, 0.717) is 10.0 Å². The van der Waals surface area contributed by atoms with E-state index in [1.165, 1.54) is 10.8 Å². The van der Waals surface area contributed by atoms with Gasteiger partial charge in [-0.3, -0.25) is 4.98 Å². The highest BCUT2D eigenvalue weighted by Gasteiger charge is 2.09. The molecule has 0 saturated carbocycles. The van der Waals surface area contributed by atoms with Crippen LogP contribution in [0.4, 0.5) is 0 Å². The molecular formula is C18H12Cl2N2. The second kappa shape index (κ2) is 5.01. The zero-order valence-corrected chi connectivity index (χ0v) is 13.3. The number of hydrogen-bond donors (Lipinski definition) is 1. The van der Waals surface area contributed by atoms with Crippen LogP contribution in [0, 0.1) is 6.92 Å². The molecule has 0 amide bonds. The van der Waals surface area contributed by atoms with Gasteiger partial charge in [0.05, 0.1) is 11.2 Å². The molecule has 2 heterocycles. The topological polar surface area (TPSA) is 28.7 Å². The zero-order chi connectivity index (χ0) is 15.3. The number of halogens is 2. The molecule has 0 bridgehead atoms. The maximum atomic E-state index is 6.11. The number of H-pyrrole nitrogens is 1. The van der Waals surface area contributed by atoms with Crippen LogP contribution in [0.25, 0.3) is 32.9 Å². The van der Waals surface area contributed by atoms with Crippen molar-refractivity contribution >= 4 is 45.0 Å². The van der Waals surface area contributed by atoms with E-state index in [-0.39, 0.29) is 0 Å². The van der Waals surface area contributed by atoms with Gasteiger partial charge in [0.15, 0.2) is 0 Å². The van der Waals surface area contributed by atoms with Crippen LogP contribution in [0.15, 0.2) is 48.7 Å². The van der Waals surface area contributed by atoms with Crippen LogP contribution >= 0.6 is 23.2 Å². The van der Waals surface area contributed by atoms with Gasteiger partial charge in [-0.05, 0) is 54.4 Å². The number of nitrogens with zero attached hydrogens (tertiary/aromatic N) is 1. The van der Waals surface area contributed by atoms with Crippen molar-refractivity contribution < 1.29 is 0 Å². The van der Waals surface area contributed by atoms with Crippen molar-refractivity contribution in [3.63, 3.8) is 0 Å². The Bertz CT molecular complexity index is 998. The van der Waals surface area contributed by atoms with E-state index in [1.54, 1.807) is 6.07 Å². The van der Waals surface area contributed by atoms with E-state index >= 15 is 0 Å². The molecule has 2 aromatic carbocycles. The van der Waals surface area contributed by atoms with Gasteiger partial charge in [0.25, 0.3) is 0 Å². The van der Waals surface area contributed by atoms with Crippen molar-refractivity contribution in [2.75, 3.05) is 0 Å². The smallest absolute Gasteiger partial charge is 0.0681 e. The molecule has 0 radical (unpaired) electrons. The molecule has 0 aliphatic heterocycles. The lowest BCUT2D eigenvalue weighted by molar-refractivity contribution is 1.22. The van der Waals surface area contributed by atoms with Gasteiger partial charge in [0, 0.05) is 32.5 Å². The quantitative estimate of drug-likeness (QED) is 0.456. The number of nitrogens with one attached hydrogen (secondary N) is 1. The highest BCUT2D eigenvalue weighted by molar-refractivity contribution is 6.35. The normalized spacial score (nSPS) is 11.4. The first-order valence-electron chi connectivity index (χ1n) is 6.95. The predicted octanol–water partition coefficient (Wildman–Crippen LogP) is 6.00. The summed E-state index contributed by atoms with van der Waals surface area (Å²) in [5, 5.41) is 3.63. The molecule has 4 aromatic rings. The Morgan fingerprint density at radius 3 is 2.41 bits per heavy atom. The van der Waals surface area contributed by atoms with Crippen molar-refractivity contribution in [1.82, 2.24) is 9.97 Å². The molecule has 2 nitrogen and oxygen atoms in total. The fraction of sp³-hybridized carbons (Fsp3) is 0.0556. The number of hydrogen-bond acceptors (Lipinski definition) is 1. The third kappa shape index (κ3) is 2.16. The summed E-state index contributed by atoms with van der Waals surface area (Å²) in [6, 6.07) is 13.9. The summed E-state index contributed by atoms with van der Waals surface area (Å²) in [4.78, 5) is 7.77. The van der Waals surface area contributed by atoms with Crippen molar-refractivity contribution in [2.45, 2.75) is 6.92 Å². The molecular weight excluding hydrogens is 315 g/mol. The molecule has 0 spiro atoms. The highest BCUT2D eigenvalue weighted by Crippen LogP contribution is 2.32. The molecule has 0 aliphatic carbocycles. The van der Waals surface area contributed by atoms with Crippen LogP contribution in [-0.2, 0) is 0 Å². The van der Waals surface area contributed by atoms with E-state index in [2.05, 4.69) is 28.2 Å². The zero-order valence-electron chi connectivity index (χ0n) is 11.8. The van der Waals surface area contributed by atoms with Crippen LogP contribution in [0.1, 0.15) is 5.69 Å². The fourth-order valence-corrected chi connectivity index (χ4v) is 3.39. The molecule has 108 valence electrons. The van der Waals surface area contributed by atoms with Crippen molar-refractivity contribution in [3.05, 3.63) is 64.4 Å². The van der Waals surface area contributed by atoms with Crippen LogP contribution < -0.4 is 0 Å². The minimum absolute atomic E-state index is 0.640. The van der Waals surface area contributed by atoms with Crippen molar-refractivity contribution in [3.8, 4) is 11.1 Å². The maximum Gasteiger partial charge on any atom is 0.0681 e. The molecule has 0 atom stereocenters. The number of pyridine rings is 1. The monoisotopic (exact) mass is 326 g/mol. The highest BCUT2D eigenvalue weighted by atomic mass is 35.5. The Kier molecular flexibility index (Phi) is 3.10. The molecule has 0 saturated heterocycles. The molecule has 4 rings (SSSR count). The number of aromatic amines is 1. The van der Waals surface area contributed by atoms with Crippen molar-refractivity contribution in [1.29, 1.82) is 0 Å². The average molecular weight is 327 g/mol. The van der Waals surface area contributed by atoms with E-state index < -0.39 is 0 Å². The molecule has 22 heavy (non-hydrogen) atoms. The summed E-state index contributed by atoms with van der Waals surface area (Å²) in [5.74, 6) is 0. The number of rotatable bonds is 1. The van der Waals surface area contributed by atoms with Gasteiger partial charge in [-0.2, -0.15) is 0 Å². The minimum atomic E-state index is 0.640. The SMILES string of the molecule is Cc1nccc2c1[nH]c1ccc(-c3cc(Cl)cc(Cl)c3)cc12. The second-order valence-corrected chi connectivity index (χ2v) is 6.24. The van der Waals surface area contributed by atoms with Crippen LogP contribution in [0.5, 0.6) is 0 Å². The van der Waals surface area contributed by atoms with Gasteiger partial charge in [0.2, 0.25) is 0 Å². The van der Waals surface area contributed by atoms with E-state index in [0.717, 1.165) is 27.9 Å². The second-order valence-electron chi connectivity index (χ2n) is 5.36. The maximum absolute atomic E-state index is 6.11. The Labute approximate surface area is 137 Å². The average Bonchev–Trinajstić information content (AvgIpc) is 2.86. The van der Waals surface area contributed by atoms with E-state index in [1.807, 2.05) is 31.3 Å². The lowest BCUT2D eigenvalue weighted by atomic mass is 10.0. The summed E-state index contributed by atoms with van der Waals surface area (Å²) in [6.07, 6.45) is 1.84. The molecule has 0 unspecified atom stereocenters. The summed E-state index contributed by atoms with van der Waals surface area (Å²) < 4.78 is 0. The molecule has 0 fully saturated rings. The first kappa shape index (κ1) is 13.6. The standard InChI is InChI=1S/C18H12Cl2N2/c1-10-18-15(4-5-21-10)16-8-11(2-3-17(16)22-18)12-6-13(19)9-14(20)7-12/h2-9,22H,1H3. The van der Waals surface area contributed by atoms with Gasteiger partial charge in [-0.1, -0.05) is 29.3 Å². The first-order valence-corrected chi connectivity index (χ1v) is 7.71. The predicted molar refractivity (Wildman–Crippen MR) is 93.8 cm³/mol. The Morgan fingerprint density at radius 2 is 1.64 bits per heavy atom. The molecule has 4 heteroatoms. The van der Waals surface area contributed by atoms with E-state index in [9.17, 15) is 0 Å². The van der Waals surface area contributed by atoms with Gasteiger partial charge in [-0.25, -0.2) is 0 Å². The summed E-state index contributed by atoms with van der Waals surface area (Å²) in [7, 11) is 0. The minimum Gasteiger partial charge on any atom is -0.353 e. The van der Waals surface area contributed by atoms with Gasteiger partial charge < -0.3 is 4.98 Å². The largest absolute Gasteiger partial charge is 0.353 e. The van der Waals surface area contributed by atoms with Crippen LogP contribution in [0.2, 0.25) is 10.0 Å². The third-order valence-corrected chi connectivity index (χ3v) is 4.34. The first-order chi connectivity index (χ1) is 10.6.